The van der Waals surface area contributed by atoms with E-state index in [1.807, 2.05) is 0 Å². The maximum absolute atomic E-state index is 5.54. The molecular weight excluding hydrogens is 304 g/mol. The molecule has 1 aromatic carbocycles. The van der Waals surface area contributed by atoms with Crippen molar-refractivity contribution in [3.63, 3.8) is 0 Å². The van der Waals surface area contributed by atoms with Crippen molar-refractivity contribution in [3.05, 3.63) is 16.6 Å². The number of nitrogens with zero attached hydrogens (tertiary/aromatic N) is 1. The molecule has 0 saturated heterocycles. The first-order valence-corrected chi connectivity index (χ1v) is 5.88. The topological polar surface area (TPSA) is 79.7 Å². The van der Waals surface area contributed by atoms with Gasteiger partial charge in [-0.15, -0.1) is 0 Å². The molecule has 94 valence electrons. The van der Waals surface area contributed by atoms with Crippen molar-refractivity contribution in [3.8, 4) is 28.5 Å². The van der Waals surface area contributed by atoms with Crippen LogP contribution in [-0.2, 0) is 0 Å². The molecule has 3 rings (SSSR count). The minimum absolute atomic E-state index is 0.162. The van der Waals surface area contributed by atoms with Gasteiger partial charge in [-0.05, 0) is 15.9 Å². The Morgan fingerprint density at radius 3 is 2.89 bits per heavy atom. The molecule has 2 aromatic rings. The predicted molar refractivity (Wildman–Crippen MR) is 66.7 cm³/mol. The van der Waals surface area contributed by atoms with Crippen molar-refractivity contribution in [1.29, 1.82) is 0 Å². The van der Waals surface area contributed by atoms with Crippen LogP contribution in [0.2, 0.25) is 0 Å². The lowest BCUT2D eigenvalue weighted by Gasteiger charge is -2.10. The molecule has 0 amide bonds. The summed E-state index contributed by atoms with van der Waals surface area (Å²) < 4.78 is 21.8. The number of nitrogen functional groups attached to an aromatic ring is 1. The van der Waals surface area contributed by atoms with Gasteiger partial charge in [0.2, 0.25) is 12.7 Å². The summed E-state index contributed by atoms with van der Waals surface area (Å²) in [4.78, 5) is 0. The molecule has 7 heteroatoms. The summed E-state index contributed by atoms with van der Waals surface area (Å²) in [5, 5.41) is 3.88. The second-order valence-corrected chi connectivity index (χ2v) is 4.47. The fourth-order valence-corrected chi connectivity index (χ4v) is 2.40. The summed E-state index contributed by atoms with van der Waals surface area (Å²) in [6.07, 6.45) is 0. The molecule has 0 unspecified atom stereocenters. The van der Waals surface area contributed by atoms with E-state index in [1.165, 1.54) is 0 Å². The van der Waals surface area contributed by atoms with Crippen LogP contribution in [0.4, 0.5) is 5.88 Å². The van der Waals surface area contributed by atoms with E-state index in [1.54, 1.807) is 19.2 Å². The van der Waals surface area contributed by atoms with Crippen LogP contribution in [0.15, 0.2) is 21.1 Å². The maximum Gasteiger partial charge on any atom is 0.231 e. The number of benzene rings is 1. The number of halogens is 1. The highest BCUT2D eigenvalue weighted by Crippen LogP contribution is 2.50. The summed E-state index contributed by atoms with van der Waals surface area (Å²) in [7, 11) is 1.56. The number of hydrogen-bond donors (Lipinski definition) is 1. The zero-order chi connectivity index (χ0) is 12.7. The molecule has 0 bridgehead atoms. The Kier molecular flexibility index (Phi) is 2.55. The average Bonchev–Trinajstić information content (AvgIpc) is 2.95. The van der Waals surface area contributed by atoms with Crippen LogP contribution in [-0.4, -0.2) is 19.1 Å². The zero-order valence-corrected chi connectivity index (χ0v) is 11.0. The summed E-state index contributed by atoms with van der Waals surface area (Å²) in [6.45, 7) is 0.162. The van der Waals surface area contributed by atoms with Crippen molar-refractivity contribution in [2.45, 2.75) is 0 Å². The normalized spacial score (nSPS) is 12.8. The maximum atomic E-state index is 5.54. The molecule has 0 spiro atoms. The van der Waals surface area contributed by atoms with E-state index in [-0.39, 0.29) is 12.7 Å². The standard InChI is InChI=1S/C11H9BrN2O4/c1-15-10-5(12)2-7-11(17-4-16-7)9(10)6-3-8(13)18-14-6/h2-3H,4,13H2,1H3. The number of aromatic nitrogens is 1. The highest BCUT2D eigenvalue weighted by molar-refractivity contribution is 9.10. The smallest absolute Gasteiger partial charge is 0.231 e. The van der Waals surface area contributed by atoms with Crippen LogP contribution in [0, 0.1) is 0 Å². The molecule has 0 radical (unpaired) electrons. The molecule has 6 nitrogen and oxygen atoms in total. The molecule has 1 aliphatic rings. The number of ether oxygens (including phenoxy) is 3. The van der Waals surface area contributed by atoms with Gasteiger partial charge in [0.05, 0.1) is 17.1 Å². The summed E-state index contributed by atoms with van der Waals surface area (Å²) in [6, 6.07) is 3.39. The van der Waals surface area contributed by atoms with Crippen molar-refractivity contribution in [2.75, 3.05) is 19.6 Å². The van der Waals surface area contributed by atoms with E-state index in [4.69, 9.17) is 24.5 Å². The molecule has 18 heavy (non-hydrogen) atoms. The molecule has 0 fully saturated rings. The molecule has 2 N–H and O–H groups in total. The predicted octanol–water partition coefficient (Wildman–Crippen LogP) is 2.42. The monoisotopic (exact) mass is 312 g/mol. The second-order valence-electron chi connectivity index (χ2n) is 3.61. The lowest BCUT2D eigenvalue weighted by Crippen LogP contribution is -1.94. The van der Waals surface area contributed by atoms with Gasteiger partial charge in [-0.25, -0.2) is 0 Å². The number of rotatable bonds is 2. The van der Waals surface area contributed by atoms with Crippen molar-refractivity contribution in [1.82, 2.24) is 5.16 Å². The van der Waals surface area contributed by atoms with Gasteiger partial charge in [0.15, 0.2) is 11.5 Å². The first-order valence-electron chi connectivity index (χ1n) is 5.09. The Morgan fingerprint density at radius 2 is 2.22 bits per heavy atom. The third kappa shape index (κ3) is 1.59. The zero-order valence-electron chi connectivity index (χ0n) is 9.40. The van der Waals surface area contributed by atoms with Crippen LogP contribution in [0.5, 0.6) is 17.2 Å². The first-order chi connectivity index (χ1) is 8.70. The minimum atomic E-state index is 0.162. The van der Waals surface area contributed by atoms with E-state index < -0.39 is 0 Å². The third-order valence-corrected chi connectivity index (χ3v) is 3.15. The van der Waals surface area contributed by atoms with E-state index in [0.29, 0.717) is 28.5 Å². The van der Waals surface area contributed by atoms with Gasteiger partial charge >= 0.3 is 0 Å². The Bertz CT molecular complexity index is 608. The summed E-state index contributed by atoms with van der Waals surface area (Å²) in [5.41, 5.74) is 6.72. The molecule has 0 atom stereocenters. The van der Waals surface area contributed by atoms with Crippen LogP contribution in [0.25, 0.3) is 11.3 Å². The largest absolute Gasteiger partial charge is 0.495 e. The minimum Gasteiger partial charge on any atom is -0.495 e. The highest BCUT2D eigenvalue weighted by atomic mass is 79.9. The van der Waals surface area contributed by atoms with Gasteiger partial charge in [0, 0.05) is 12.1 Å². The van der Waals surface area contributed by atoms with Gasteiger partial charge in [-0.2, -0.15) is 0 Å². The molecule has 1 aromatic heterocycles. The molecule has 2 heterocycles. The van der Waals surface area contributed by atoms with Crippen LogP contribution >= 0.6 is 15.9 Å². The molecule has 0 saturated carbocycles. The number of nitrogens with two attached hydrogens (primary N) is 1. The van der Waals surface area contributed by atoms with Gasteiger partial charge < -0.3 is 24.5 Å². The van der Waals surface area contributed by atoms with Gasteiger partial charge in [0.25, 0.3) is 0 Å². The Morgan fingerprint density at radius 1 is 1.39 bits per heavy atom. The fourth-order valence-electron chi connectivity index (χ4n) is 1.83. The van der Waals surface area contributed by atoms with Crippen molar-refractivity contribution >= 4 is 21.8 Å². The second kappa shape index (κ2) is 4.09. The summed E-state index contributed by atoms with van der Waals surface area (Å²) >= 11 is 3.41. The quantitative estimate of drug-likeness (QED) is 0.917. The number of anilines is 1. The van der Waals surface area contributed by atoms with E-state index in [0.717, 1.165) is 4.47 Å². The van der Waals surface area contributed by atoms with Gasteiger partial charge in [-0.1, -0.05) is 5.16 Å². The van der Waals surface area contributed by atoms with Gasteiger partial charge in [-0.3, -0.25) is 0 Å². The summed E-state index contributed by atoms with van der Waals surface area (Å²) in [5.74, 6) is 2.01. The number of hydrogen-bond acceptors (Lipinski definition) is 6. The Balaban J connectivity index is 2.29. The van der Waals surface area contributed by atoms with Crippen LogP contribution in [0.3, 0.4) is 0 Å². The van der Waals surface area contributed by atoms with Gasteiger partial charge in [0.1, 0.15) is 11.4 Å². The van der Waals surface area contributed by atoms with Crippen molar-refractivity contribution < 1.29 is 18.7 Å². The lowest BCUT2D eigenvalue weighted by atomic mass is 10.1. The van der Waals surface area contributed by atoms with Crippen molar-refractivity contribution in [2.24, 2.45) is 0 Å². The lowest BCUT2D eigenvalue weighted by molar-refractivity contribution is 0.174. The Labute approximate surface area is 111 Å². The molecule has 1 aliphatic heterocycles. The highest BCUT2D eigenvalue weighted by Gasteiger charge is 2.27. The van der Waals surface area contributed by atoms with E-state index >= 15 is 0 Å². The Hall–Kier alpha value is -1.89. The fraction of sp³-hybridized carbons (Fsp3) is 0.182. The van der Waals surface area contributed by atoms with Crippen LogP contribution < -0.4 is 19.9 Å². The number of fused-ring (bicyclic) bond motifs is 1. The van der Waals surface area contributed by atoms with E-state index in [2.05, 4.69) is 21.1 Å². The molecular formula is C11H9BrN2O4. The number of methoxy groups -OCH3 is 1. The third-order valence-electron chi connectivity index (χ3n) is 2.56. The SMILES string of the molecule is COc1c(Br)cc2c(c1-c1cc(N)on1)OCO2. The van der Waals surface area contributed by atoms with E-state index in [9.17, 15) is 0 Å². The average molecular weight is 313 g/mol. The first kappa shape index (κ1) is 11.2. The molecule has 0 aliphatic carbocycles. The van der Waals surface area contributed by atoms with Crippen LogP contribution in [0.1, 0.15) is 0 Å².